The number of hydrogen-bond acceptors (Lipinski definition) is 2. The molecule has 0 fully saturated rings. The molecule has 2 rings (SSSR count). The van der Waals surface area contributed by atoms with Gasteiger partial charge < -0.3 is 5.21 Å². The molecule has 2 aromatic rings. The maximum atomic E-state index is 10.9. The molecule has 0 spiro atoms. The van der Waals surface area contributed by atoms with Gasteiger partial charge in [0.05, 0.1) is 12.4 Å². The number of rotatable bonds is 0. The molecule has 0 saturated carbocycles. The van der Waals surface area contributed by atoms with E-state index in [0.717, 1.165) is 4.73 Å². The van der Waals surface area contributed by atoms with E-state index in [4.69, 9.17) is 0 Å². The van der Waals surface area contributed by atoms with Gasteiger partial charge in [-0.05, 0) is 0 Å². The van der Waals surface area contributed by atoms with Gasteiger partial charge in [-0.25, -0.2) is 14.7 Å². The van der Waals surface area contributed by atoms with Crippen LogP contribution in [0.1, 0.15) is 0 Å². The summed E-state index contributed by atoms with van der Waals surface area (Å²) >= 11 is 0. The van der Waals surface area contributed by atoms with Crippen LogP contribution in [0.3, 0.4) is 0 Å². The Kier molecular flexibility index (Phi) is 0.887. The Morgan fingerprint density at radius 1 is 1.60 bits per heavy atom. The van der Waals surface area contributed by atoms with Crippen LogP contribution in [0.15, 0.2) is 24.7 Å². The van der Waals surface area contributed by atoms with Crippen LogP contribution in [-0.4, -0.2) is 9.97 Å². The first-order valence-electron chi connectivity index (χ1n) is 2.89. The second-order valence-corrected chi connectivity index (χ2v) is 1.96. The van der Waals surface area contributed by atoms with Crippen LogP contribution in [0.5, 0.6) is 0 Å². The molecule has 0 saturated heterocycles. The molecule has 1 N–H and O–H groups in total. The number of nitrogens with one attached hydrogen (secondary N) is 1. The van der Waals surface area contributed by atoms with Gasteiger partial charge in [0.25, 0.3) is 0 Å². The normalized spacial score (nSPS) is 10.4. The molecule has 10 heavy (non-hydrogen) atoms. The van der Waals surface area contributed by atoms with Crippen molar-refractivity contribution in [1.29, 1.82) is 0 Å². The first kappa shape index (κ1) is 5.22. The third-order valence-electron chi connectivity index (χ3n) is 1.34. The molecule has 50 valence electrons. The summed E-state index contributed by atoms with van der Waals surface area (Å²) in [6.07, 6.45) is 4.52. The van der Waals surface area contributed by atoms with E-state index in [1.54, 1.807) is 12.3 Å². The van der Waals surface area contributed by atoms with Crippen LogP contribution < -0.4 is 4.73 Å². The topological polar surface area (TPSA) is 55.6 Å². The van der Waals surface area contributed by atoms with Gasteiger partial charge in [0, 0.05) is 6.07 Å². The second kappa shape index (κ2) is 1.70. The molecule has 0 aliphatic heterocycles. The summed E-state index contributed by atoms with van der Waals surface area (Å²) in [5.41, 5.74) is 1.19. The van der Waals surface area contributed by atoms with Gasteiger partial charge in [0.2, 0.25) is 0 Å². The lowest BCUT2D eigenvalue weighted by Crippen LogP contribution is -2.26. The number of H-pyrrole nitrogens is 1. The molecule has 2 heterocycles. The van der Waals surface area contributed by atoms with E-state index in [2.05, 4.69) is 9.97 Å². The highest BCUT2D eigenvalue weighted by atomic mass is 16.5. The van der Waals surface area contributed by atoms with Crippen molar-refractivity contribution in [2.45, 2.75) is 0 Å². The quantitative estimate of drug-likeness (QED) is 0.414. The highest BCUT2D eigenvalue weighted by Crippen LogP contribution is 2.00. The van der Waals surface area contributed by atoms with Gasteiger partial charge in [0.1, 0.15) is 6.20 Å². The number of hydrogen-bond donors (Lipinski definition) is 1. The number of aromatic nitrogens is 3. The standard InChI is InChI=1S/C6H5N3O/c10-9-4-3-7-5-1-2-8-6(5)9/h1-4,8H. The van der Waals surface area contributed by atoms with Crippen molar-refractivity contribution in [2.75, 3.05) is 0 Å². The van der Waals surface area contributed by atoms with Crippen LogP contribution in [-0.2, 0) is 0 Å². The van der Waals surface area contributed by atoms with E-state index in [1.165, 1.54) is 12.4 Å². The summed E-state index contributed by atoms with van der Waals surface area (Å²) in [7, 11) is 0. The van der Waals surface area contributed by atoms with E-state index in [9.17, 15) is 5.21 Å². The Balaban J connectivity index is 2.95. The van der Waals surface area contributed by atoms with Crippen molar-refractivity contribution in [3.63, 3.8) is 0 Å². The first-order chi connectivity index (χ1) is 4.88. The zero-order valence-corrected chi connectivity index (χ0v) is 5.11. The highest BCUT2D eigenvalue weighted by molar-refractivity contribution is 5.66. The van der Waals surface area contributed by atoms with Crippen molar-refractivity contribution < 1.29 is 4.73 Å². The fourth-order valence-corrected chi connectivity index (χ4v) is 0.882. The molecular weight excluding hydrogens is 130 g/mol. The molecule has 4 nitrogen and oxygen atoms in total. The summed E-state index contributed by atoms with van der Waals surface area (Å²) in [6, 6.07) is 1.75. The lowest BCUT2D eigenvalue weighted by molar-refractivity contribution is -0.579. The average Bonchev–Trinajstić information content (AvgIpc) is 2.36. The summed E-state index contributed by atoms with van der Waals surface area (Å²) in [4.78, 5) is 6.73. The van der Waals surface area contributed by atoms with Gasteiger partial charge in [-0.15, -0.1) is 0 Å². The number of fused-ring (bicyclic) bond motifs is 1. The Labute approximate surface area is 56.7 Å². The average molecular weight is 135 g/mol. The Morgan fingerprint density at radius 3 is 3.30 bits per heavy atom. The molecule has 0 bridgehead atoms. The fraction of sp³-hybridized carbons (Fsp3) is 0. The van der Waals surface area contributed by atoms with Crippen LogP contribution in [0, 0.1) is 5.21 Å². The van der Waals surface area contributed by atoms with Crippen LogP contribution >= 0.6 is 0 Å². The van der Waals surface area contributed by atoms with Gasteiger partial charge in [-0.2, -0.15) is 0 Å². The molecule has 0 aromatic carbocycles. The minimum atomic E-state index is 0.502. The van der Waals surface area contributed by atoms with Gasteiger partial charge in [0.15, 0.2) is 5.52 Å². The third kappa shape index (κ3) is 0.556. The monoisotopic (exact) mass is 135 g/mol. The van der Waals surface area contributed by atoms with Gasteiger partial charge in [-0.1, -0.05) is 0 Å². The predicted octanol–water partition coefficient (Wildman–Crippen LogP) is 0.196. The van der Waals surface area contributed by atoms with Gasteiger partial charge in [-0.3, -0.25) is 0 Å². The van der Waals surface area contributed by atoms with Crippen LogP contribution in [0.2, 0.25) is 0 Å². The lowest BCUT2D eigenvalue weighted by atomic mass is 10.5. The zero-order valence-electron chi connectivity index (χ0n) is 5.11. The van der Waals surface area contributed by atoms with Crippen LogP contribution in [0.4, 0.5) is 0 Å². The smallest absolute Gasteiger partial charge is 0.308 e. The minimum Gasteiger partial charge on any atom is -0.710 e. The SMILES string of the molecule is [O-][n+]1ccnc2cc[nH]c21. The lowest BCUT2D eigenvalue weighted by Gasteiger charge is -1.98. The maximum absolute atomic E-state index is 10.9. The largest absolute Gasteiger partial charge is 0.710 e. The minimum absolute atomic E-state index is 0.502. The van der Waals surface area contributed by atoms with Crippen molar-refractivity contribution in [3.05, 3.63) is 29.9 Å². The molecule has 0 aliphatic rings. The highest BCUT2D eigenvalue weighted by Gasteiger charge is 2.00. The first-order valence-corrected chi connectivity index (χ1v) is 2.89. The van der Waals surface area contributed by atoms with E-state index >= 15 is 0 Å². The summed E-state index contributed by atoms with van der Waals surface area (Å²) in [5.74, 6) is 0. The molecule has 0 unspecified atom stereocenters. The Morgan fingerprint density at radius 2 is 2.50 bits per heavy atom. The molecule has 0 radical (unpaired) electrons. The summed E-state index contributed by atoms with van der Waals surface area (Å²) in [5, 5.41) is 10.9. The predicted molar refractivity (Wildman–Crippen MR) is 35.1 cm³/mol. The van der Waals surface area contributed by atoms with Crippen molar-refractivity contribution in [2.24, 2.45) is 0 Å². The van der Waals surface area contributed by atoms with E-state index < -0.39 is 0 Å². The van der Waals surface area contributed by atoms with E-state index in [-0.39, 0.29) is 0 Å². The van der Waals surface area contributed by atoms with Crippen molar-refractivity contribution in [3.8, 4) is 0 Å². The Bertz CT molecular complexity index is 355. The van der Waals surface area contributed by atoms with Gasteiger partial charge >= 0.3 is 5.65 Å². The molecule has 0 amide bonds. The van der Waals surface area contributed by atoms with Crippen molar-refractivity contribution >= 4 is 11.2 Å². The summed E-state index contributed by atoms with van der Waals surface area (Å²) < 4.78 is 0.752. The number of nitrogens with zero attached hydrogens (tertiary/aromatic N) is 2. The second-order valence-electron chi connectivity index (χ2n) is 1.96. The molecule has 0 aliphatic carbocycles. The Hall–Kier alpha value is -1.58. The number of aromatic amines is 1. The van der Waals surface area contributed by atoms with E-state index in [0.29, 0.717) is 11.2 Å². The van der Waals surface area contributed by atoms with E-state index in [1.807, 2.05) is 0 Å². The maximum Gasteiger partial charge on any atom is 0.308 e. The molecule has 2 aromatic heterocycles. The van der Waals surface area contributed by atoms with Crippen molar-refractivity contribution in [1.82, 2.24) is 9.97 Å². The molecule has 0 atom stereocenters. The van der Waals surface area contributed by atoms with Crippen LogP contribution in [0.25, 0.3) is 11.2 Å². The molecule has 4 heteroatoms. The molecular formula is C6H5N3O. The summed E-state index contributed by atoms with van der Waals surface area (Å²) in [6.45, 7) is 0. The third-order valence-corrected chi connectivity index (χ3v) is 1.34. The zero-order chi connectivity index (χ0) is 6.97. The fourth-order valence-electron chi connectivity index (χ4n) is 0.882.